The van der Waals surface area contributed by atoms with Crippen LogP contribution >= 0.6 is 0 Å². The molecule has 0 radical (unpaired) electrons. The van der Waals surface area contributed by atoms with Crippen molar-refractivity contribution in [1.29, 1.82) is 0 Å². The Kier molecular flexibility index (Phi) is 5.97. The number of rotatable bonds is 8. The van der Waals surface area contributed by atoms with Crippen molar-refractivity contribution in [2.75, 3.05) is 13.1 Å². The summed E-state index contributed by atoms with van der Waals surface area (Å²) >= 11 is 0. The van der Waals surface area contributed by atoms with Gasteiger partial charge in [0.25, 0.3) is 0 Å². The zero-order chi connectivity index (χ0) is 14.9. The van der Waals surface area contributed by atoms with E-state index in [0.717, 1.165) is 25.2 Å². The van der Waals surface area contributed by atoms with Crippen molar-refractivity contribution in [3.05, 3.63) is 48.3 Å². The molecule has 0 spiro atoms. The number of carbonyl (C=O) groups excluding carboxylic acids is 1. The van der Waals surface area contributed by atoms with Crippen molar-refractivity contribution in [1.82, 2.24) is 20.4 Å². The van der Waals surface area contributed by atoms with Crippen molar-refractivity contribution in [2.45, 2.75) is 26.3 Å². The molecule has 0 atom stereocenters. The van der Waals surface area contributed by atoms with E-state index >= 15 is 0 Å². The van der Waals surface area contributed by atoms with E-state index in [9.17, 15) is 4.79 Å². The van der Waals surface area contributed by atoms with Crippen LogP contribution < -0.4 is 10.6 Å². The van der Waals surface area contributed by atoms with E-state index in [-0.39, 0.29) is 5.91 Å². The van der Waals surface area contributed by atoms with Crippen LogP contribution in [0.3, 0.4) is 0 Å². The maximum absolute atomic E-state index is 11.4. The third kappa shape index (κ3) is 5.04. The molecule has 2 N–H and O–H groups in total. The predicted octanol–water partition coefficient (Wildman–Crippen LogP) is 1.88. The Bertz CT molecular complexity index is 534. The second kappa shape index (κ2) is 8.21. The molecule has 1 heterocycles. The maximum atomic E-state index is 11.4. The zero-order valence-electron chi connectivity index (χ0n) is 12.4. The average molecular weight is 286 g/mol. The highest BCUT2D eigenvalue weighted by Crippen LogP contribution is 2.08. The fourth-order valence-electron chi connectivity index (χ4n) is 1.98. The molecule has 0 unspecified atom stereocenters. The minimum Gasteiger partial charge on any atom is -0.356 e. The summed E-state index contributed by atoms with van der Waals surface area (Å²) in [6.45, 7) is 4.26. The molecule has 0 aliphatic rings. The summed E-state index contributed by atoms with van der Waals surface area (Å²) in [6, 6.07) is 10.1. The van der Waals surface area contributed by atoms with Gasteiger partial charge in [0, 0.05) is 38.4 Å². The molecule has 5 nitrogen and oxygen atoms in total. The van der Waals surface area contributed by atoms with Crippen LogP contribution in [0.4, 0.5) is 0 Å². The van der Waals surface area contributed by atoms with Gasteiger partial charge in [-0.25, -0.2) is 4.68 Å². The van der Waals surface area contributed by atoms with Crippen LogP contribution in [0.15, 0.2) is 42.7 Å². The number of nitrogens with zero attached hydrogens (tertiary/aromatic N) is 2. The zero-order valence-corrected chi connectivity index (χ0v) is 12.4. The molecule has 0 saturated heterocycles. The van der Waals surface area contributed by atoms with Gasteiger partial charge in [0.05, 0.1) is 5.69 Å². The second-order valence-corrected chi connectivity index (χ2v) is 4.89. The van der Waals surface area contributed by atoms with Gasteiger partial charge in [-0.2, -0.15) is 5.10 Å². The van der Waals surface area contributed by atoms with Crippen LogP contribution in [-0.4, -0.2) is 28.8 Å². The maximum Gasteiger partial charge on any atom is 0.221 e. The third-order valence-electron chi connectivity index (χ3n) is 3.14. The lowest BCUT2D eigenvalue weighted by Gasteiger charge is -2.07. The topological polar surface area (TPSA) is 59.0 Å². The van der Waals surface area contributed by atoms with Crippen molar-refractivity contribution in [3.8, 4) is 5.69 Å². The lowest BCUT2D eigenvalue weighted by atomic mass is 10.2. The Morgan fingerprint density at radius 1 is 1.24 bits per heavy atom. The van der Waals surface area contributed by atoms with E-state index in [1.54, 1.807) is 6.20 Å². The van der Waals surface area contributed by atoms with E-state index in [1.807, 2.05) is 36.0 Å². The Labute approximate surface area is 125 Å². The van der Waals surface area contributed by atoms with Crippen LogP contribution in [0.5, 0.6) is 0 Å². The first-order valence-electron chi connectivity index (χ1n) is 7.36. The summed E-state index contributed by atoms with van der Waals surface area (Å²) in [5, 5.41) is 10.3. The summed E-state index contributed by atoms with van der Waals surface area (Å²) in [5.74, 6) is 0.110. The summed E-state index contributed by atoms with van der Waals surface area (Å²) in [7, 11) is 0. The quantitative estimate of drug-likeness (QED) is 0.728. The molecule has 1 aromatic carbocycles. The first-order valence-corrected chi connectivity index (χ1v) is 7.36. The average Bonchev–Trinajstić information content (AvgIpc) is 3.04. The SMILES string of the molecule is CCCNC(=O)CCNCc1ccc(-n2cccn2)cc1. The summed E-state index contributed by atoms with van der Waals surface area (Å²) < 4.78 is 1.83. The molecule has 112 valence electrons. The molecule has 1 amide bonds. The number of hydrogen-bond donors (Lipinski definition) is 2. The summed E-state index contributed by atoms with van der Waals surface area (Å²) in [6.07, 6.45) is 5.17. The van der Waals surface area contributed by atoms with Gasteiger partial charge in [-0.05, 0) is 30.2 Å². The highest BCUT2D eigenvalue weighted by atomic mass is 16.1. The van der Waals surface area contributed by atoms with Gasteiger partial charge in [-0.1, -0.05) is 19.1 Å². The Hall–Kier alpha value is -2.14. The van der Waals surface area contributed by atoms with Gasteiger partial charge >= 0.3 is 0 Å². The van der Waals surface area contributed by atoms with Crippen LogP contribution in [0.1, 0.15) is 25.3 Å². The number of carbonyl (C=O) groups is 1. The number of aromatic nitrogens is 2. The van der Waals surface area contributed by atoms with Gasteiger partial charge in [0.2, 0.25) is 5.91 Å². The van der Waals surface area contributed by atoms with Crippen LogP contribution in [0.25, 0.3) is 5.69 Å². The Morgan fingerprint density at radius 2 is 2.05 bits per heavy atom. The molecule has 5 heteroatoms. The third-order valence-corrected chi connectivity index (χ3v) is 3.14. The van der Waals surface area contributed by atoms with E-state index < -0.39 is 0 Å². The van der Waals surface area contributed by atoms with E-state index in [4.69, 9.17) is 0 Å². The smallest absolute Gasteiger partial charge is 0.221 e. The monoisotopic (exact) mass is 286 g/mol. The Balaban J connectivity index is 1.71. The molecule has 1 aromatic heterocycles. The molecular weight excluding hydrogens is 264 g/mol. The van der Waals surface area contributed by atoms with Crippen molar-refractivity contribution in [3.63, 3.8) is 0 Å². The molecule has 2 rings (SSSR count). The lowest BCUT2D eigenvalue weighted by Crippen LogP contribution is -2.28. The molecule has 0 bridgehead atoms. The molecule has 0 aliphatic carbocycles. The molecule has 21 heavy (non-hydrogen) atoms. The van der Waals surface area contributed by atoms with E-state index in [1.165, 1.54) is 5.56 Å². The minimum absolute atomic E-state index is 0.110. The van der Waals surface area contributed by atoms with Crippen LogP contribution in [-0.2, 0) is 11.3 Å². The molecule has 0 fully saturated rings. The highest BCUT2D eigenvalue weighted by Gasteiger charge is 2.00. The highest BCUT2D eigenvalue weighted by molar-refractivity contribution is 5.75. The number of benzene rings is 1. The number of hydrogen-bond acceptors (Lipinski definition) is 3. The summed E-state index contributed by atoms with van der Waals surface area (Å²) in [4.78, 5) is 11.4. The minimum atomic E-state index is 0.110. The predicted molar refractivity (Wildman–Crippen MR) is 83.2 cm³/mol. The first kappa shape index (κ1) is 15.3. The first-order chi connectivity index (χ1) is 10.3. The fourth-order valence-corrected chi connectivity index (χ4v) is 1.98. The van der Waals surface area contributed by atoms with Gasteiger partial charge < -0.3 is 10.6 Å². The second-order valence-electron chi connectivity index (χ2n) is 4.89. The van der Waals surface area contributed by atoms with Gasteiger partial charge in [0.15, 0.2) is 0 Å². The van der Waals surface area contributed by atoms with Crippen molar-refractivity contribution < 1.29 is 4.79 Å². The van der Waals surface area contributed by atoms with Crippen LogP contribution in [0.2, 0.25) is 0 Å². The molecule has 0 saturated carbocycles. The summed E-state index contributed by atoms with van der Waals surface area (Å²) in [5.41, 5.74) is 2.24. The van der Waals surface area contributed by atoms with Crippen molar-refractivity contribution >= 4 is 5.91 Å². The van der Waals surface area contributed by atoms with Crippen LogP contribution in [0, 0.1) is 0 Å². The Morgan fingerprint density at radius 3 is 2.71 bits per heavy atom. The fraction of sp³-hybridized carbons (Fsp3) is 0.375. The van der Waals surface area contributed by atoms with Gasteiger partial charge in [-0.3, -0.25) is 4.79 Å². The molecular formula is C16H22N4O. The van der Waals surface area contributed by atoms with Gasteiger partial charge in [0.1, 0.15) is 0 Å². The van der Waals surface area contributed by atoms with E-state index in [2.05, 4.69) is 27.9 Å². The normalized spacial score (nSPS) is 10.5. The number of amides is 1. The molecule has 2 aromatic rings. The van der Waals surface area contributed by atoms with E-state index in [0.29, 0.717) is 13.0 Å². The lowest BCUT2D eigenvalue weighted by molar-refractivity contribution is -0.120. The van der Waals surface area contributed by atoms with Gasteiger partial charge in [-0.15, -0.1) is 0 Å². The largest absolute Gasteiger partial charge is 0.356 e. The number of nitrogens with one attached hydrogen (secondary N) is 2. The standard InChI is InChI=1S/C16H22N4O/c1-2-9-18-16(21)8-11-17-13-14-4-6-15(7-5-14)20-12-3-10-19-20/h3-7,10,12,17H,2,8-9,11,13H2,1H3,(H,18,21). The van der Waals surface area contributed by atoms with Crippen molar-refractivity contribution in [2.24, 2.45) is 0 Å². The molecule has 0 aliphatic heterocycles.